The Labute approximate surface area is 267 Å². The van der Waals surface area contributed by atoms with Gasteiger partial charge in [0.25, 0.3) is 11.5 Å². The number of carbonyl (C=O) groups is 1. The van der Waals surface area contributed by atoms with Gasteiger partial charge < -0.3 is 15.0 Å². The summed E-state index contributed by atoms with van der Waals surface area (Å²) in [6.45, 7) is 8.36. The number of hydrogen-bond acceptors (Lipinski definition) is 5. The van der Waals surface area contributed by atoms with E-state index in [2.05, 4.69) is 48.3 Å². The highest BCUT2D eigenvalue weighted by atomic mass is 32.1. The number of nitrogens with zero attached hydrogens (tertiary/aromatic N) is 2. The summed E-state index contributed by atoms with van der Waals surface area (Å²) < 4.78 is 8.47. The molecular formula is C38H37N3O3S. The molecule has 1 N–H and O–H groups in total. The van der Waals surface area contributed by atoms with Crippen LogP contribution >= 0.6 is 11.3 Å². The number of likely N-dealkylation sites (N-methyl/N-ethyl adjacent to an activating group) is 1. The fourth-order valence-electron chi connectivity index (χ4n) is 5.59. The number of fused-ring (bicyclic) bond motifs is 3. The molecule has 6 aromatic rings. The largest absolute Gasteiger partial charge is 0.489 e. The van der Waals surface area contributed by atoms with Crippen LogP contribution in [0.3, 0.4) is 0 Å². The molecule has 6 rings (SSSR count). The van der Waals surface area contributed by atoms with Crippen LogP contribution < -0.4 is 15.6 Å². The predicted octanol–water partition coefficient (Wildman–Crippen LogP) is 7.57. The van der Waals surface area contributed by atoms with E-state index in [4.69, 9.17) is 4.74 Å². The van der Waals surface area contributed by atoms with Crippen molar-refractivity contribution in [2.24, 2.45) is 0 Å². The van der Waals surface area contributed by atoms with Crippen LogP contribution in [0.15, 0.2) is 113 Å². The van der Waals surface area contributed by atoms with E-state index < -0.39 is 0 Å². The minimum absolute atomic E-state index is 0.171. The zero-order valence-corrected chi connectivity index (χ0v) is 26.5. The van der Waals surface area contributed by atoms with Gasteiger partial charge in [-0.25, -0.2) is 0 Å². The fourth-order valence-corrected chi connectivity index (χ4v) is 6.53. The van der Waals surface area contributed by atoms with Crippen LogP contribution in [0.2, 0.25) is 0 Å². The molecule has 3 aromatic carbocycles. The summed E-state index contributed by atoms with van der Waals surface area (Å²) in [7, 11) is 0. The minimum Gasteiger partial charge on any atom is -0.489 e. The van der Waals surface area contributed by atoms with Crippen molar-refractivity contribution in [3.05, 3.63) is 141 Å². The molecule has 0 saturated carbocycles. The Morgan fingerprint density at radius 1 is 0.867 bits per heavy atom. The van der Waals surface area contributed by atoms with E-state index in [-0.39, 0.29) is 11.5 Å². The minimum atomic E-state index is -0.219. The molecule has 0 aliphatic heterocycles. The van der Waals surface area contributed by atoms with Gasteiger partial charge in [0.1, 0.15) is 12.4 Å². The lowest BCUT2D eigenvalue weighted by Gasteiger charge is -2.17. The van der Waals surface area contributed by atoms with Crippen molar-refractivity contribution in [1.82, 2.24) is 14.6 Å². The van der Waals surface area contributed by atoms with Gasteiger partial charge in [0.05, 0.1) is 15.8 Å². The maximum absolute atomic E-state index is 13.8. The predicted molar refractivity (Wildman–Crippen MR) is 184 cm³/mol. The molecule has 0 fully saturated rings. The van der Waals surface area contributed by atoms with Crippen LogP contribution in [0.5, 0.6) is 5.75 Å². The molecule has 6 nitrogen and oxygen atoms in total. The smallest absolute Gasteiger partial charge is 0.263 e. The number of carbonyl (C=O) groups excluding carboxylic acids is 1. The third-order valence-electron chi connectivity index (χ3n) is 8.29. The van der Waals surface area contributed by atoms with Crippen LogP contribution in [0.4, 0.5) is 0 Å². The summed E-state index contributed by atoms with van der Waals surface area (Å²) in [5.41, 5.74) is 5.50. The zero-order valence-electron chi connectivity index (χ0n) is 25.7. The lowest BCUT2D eigenvalue weighted by Crippen LogP contribution is -2.26. The molecular weight excluding hydrogens is 579 g/mol. The number of benzene rings is 3. The van der Waals surface area contributed by atoms with E-state index in [0.717, 1.165) is 52.8 Å². The van der Waals surface area contributed by atoms with Crippen LogP contribution in [0.25, 0.3) is 26.7 Å². The third-order valence-corrected chi connectivity index (χ3v) is 9.23. The number of hydrogen-bond donors (Lipinski definition) is 1. The zero-order chi connectivity index (χ0) is 31.2. The average molecular weight is 616 g/mol. The molecule has 0 aliphatic carbocycles. The summed E-state index contributed by atoms with van der Waals surface area (Å²) in [5, 5.41) is 6.10. The number of ether oxygens (including phenoxy) is 1. The lowest BCUT2D eigenvalue weighted by molar-refractivity contribution is 0.0952. The Balaban J connectivity index is 1.25. The maximum atomic E-state index is 13.8. The van der Waals surface area contributed by atoms with Crippen molar-refractivity contribution in [2.75, 3.05) is 19.6 Å². The van der Waals surface area contributed by atoms with E-state index >= 15 is 0 Å². The second-order valence-corrected chi connectivity index (χ2v) is 12.0. The molecule has 0 saturated heterocycles. The molecule has 0 aliphatic rings. The molecule has 0 unspecified atom stereocenters. The number of pyridine rings is 2. The van der Waals surface area contributed by atoms with Gasteiger partial charge in [-0.1, -0.05) is 80.6 Å². The Kier molecular flexibility index (Phi) is 9.38. The molecule has 0 radical (unpaired) electrons. The second-order valence-electron chi connectivity index (χ2n) is 11.1. The molecule has 1 amide bonds. The van der Waals surface area contributed by atoms with Gasteiger partial charge in [0.2, 0.25) is 0 Å². The fraction of sp³-hybridized carbons (Fsp3) is 0.211. The number of amides is 1. The first kappa shape index (κ1) is 30.3. The van der Waals surface area contributed by atoms with E-state index in [1.54, 1.807) is 16.7 Å². The van der Waals surface area contributed by atoms with Gasteiger partial charge in [-0.05, 0) is 82.9 Å². The van der Waals surface area contributed by atoms with Gasteiger partial charge >= 0.3 is 0 Å². The van der Waals surface area contributed by atoms with Crippen molar-refractivity contribution < 1.29 is 9.53 Å². The maximum Gasteiger partial charge on any atom is 0.263 e. The molecule has 3 aromatic heterocycles. The van der Waals surface area contributed by atoms with Gasteiger partial charge in [-0.2, -0.15) is 0 Å². The summed E-state index contributed by atoms with van der Waals surface area (Å²) in [6, 6.07) is 31.6. The summed E-state index contributed by atoms with van der Waals surface area (Å²) in [5.74, 6) is 0.490. The van der Waals surface area contributed by atoms with Crippen molar-refractivity contribution in [3.8, 4) is 16.9 Å². The number of thiophene rings is 1. The normalized spacial score (nSPS) is 11.4. The van der Waals surface area contributed by atoms with E-state index in [1.807, 2.05) is 72.1 Å². The number of nitrogens with one attached hydrogen (secondary N) is 1. The third kappa shape index (κ3) is 6.85. The first-order chi connectivity index (χ1) is 22.0. The molecule has 7 heteroatoms. The monoisotopic (exact) mass is 615 g/mol. The number of aromatic nitrogens is 1. The van der Waals surface area contributed by atoms with Crippen LogP contribution in [0, 0.1) is 0 Å². The van der Waals surface area contributed by atoms with Gasteiger partial charge in [0.15, 0.2) is 0 Å². The molecule has 228 valence electrons. The first-order valence-electron chi connectivity index (χ1n) is 15.4. The standard InChI is InChI=1S/C38H37N3O3S/c1-3-40(4-2)21-18-27-10-12-28(13-11-27)25-39-37(42)34-24-33(38(43)41-22-19-31-20-23-45-36(31)35(34)41)30-14-16-32(17-15-30)44-26-29-8-6-5-7-9-29/h5-17,19-20,22-24H,3-4,18,21,25-26H2,1-2H3,(H,39,42). The Hall–Kier alpha value is -4.72. The summed E-state index contributed by atoms with van der Waals surface area (Å²) in [6.07, 6.45) is 2.76. The van der Waals surface area contributed by atoms with Gasteiger partial charge in [0, 0.05) is 24.8 Å². The van der Waals surface area contributed by atoms with Crippen molar-refractivity contribution >= 4 is 32.8 Å². The van der Waals surface area contributed by atoms with Crippen molar-refractivity contribution in [2.45, 2.75) is 33.4 Å². The highest BCUT2D eigenvalue weighted by molar-refractivity contribution is 7.18. The van der Waals surface area contributed by atoms with E-state index in [0.29, 0.717) is 35.5 Å². The quantitative estimate of drug-likeness (QED) is 0.154. The topological polar surface area (TPSA) is 63.1 Å². The molecule has 45 heavy (non-hydrogen) atoms. The highest BCUT2D eigenvalue weighted by Gasteiger charge is 2.19. The summed E-state index contributed by atoms with van der Waals surface area (Å²) in [4.78, 5) is 30.1. The second kappa shape index (κ2) is 13.9. The van der Waals surface area contributed by atoms with Gasteiger partial charge in [-0.15, -0.1) is 11.3 Å². The lowest BCUT2D eigenvalue weighted by atomic mass is 10.0. The SMILES string of the molecule is CCN(CC)CCc1ccc(CNC(=O)c2cc(-c3ccc(OCc4ccccc4)cc3)c(=O)n3ccc4ccsc4c23)cc1. The molecule has 0 bridgehead atoms. The summed E-state index contributed by atoms with van der Waals surface area (Å²) >= 11 is 1.53. The highest BCUT2D eigenvalue weighted by Crippen LogP contribution is 2.30. The van der Waals surface area contributed by atoms with Crippen molar-refractivity contribution in [1.29, 1.82) is 0 Å². The van der Waals surface area contributed by atoms with Crippen molar-refractivity contribution in [3.63, 3.8) is 0 Å². The molecule has 0 spiro atoms. The average Bonchev–Trinajstić information content (AvgIpc) is 3.58. The molecule has 3 heterocycles. The first-order valence-corrected chi connectivity index (χ1v) is 16.3. The Morgan fingerprint density at radius 2 is 1.60 bits per heavy atom. The van der Waals surface area contributed by atoms with Crippen LogP contribution in [0.1, 0.15) is 40.9 Å². The van der Waals surface area contributed by atoms with Gasteiger partial charge in [-0.3, -0.25) is 14.0 Å². The number of rotatable bonds is 12. The van der Waals surface area contributed by atoms with E-state index in [9.17, 15) is 9.59 Å². The van der Waals surface area contributed by atoms with Crippen LogP contribution in [-0.2, 0) is 19.6 Å². The molecule has 0 atom stereocenters. The van der Waals surface area contributed by atoms with E-state index in [1.165, 1.54) is 16.9 Å². The Morgan fingerprint density at radius 3 is 2.33 bits per heavy atom. The van der Waals surface area contributed by atoms with Crippen LogP contribution in [-0.4, -0.2) is 34.8 Å². The Bertz CT molecular complexity index is 1960.